The largest absolute Gasteiger partial charge is 0.376 e. The number of halogens is 1. The quantitative estimate of drug-likeness (QED) is 0.869. The second-order valence-corrected chi connectivity index (χ2v) is 7.00. The van der Waals surface area contributed by atoms with E-state index < -0.39 is 10.0 Å². The van der Waals surface area contributed by atoms with Crippen molar-refractivity contribution in [2.75, 3.05) is 6.61 Å². The molecule has 1 aliphatic rings. The average molecular weight is 333 g/mol. The third-order valence-electron chi connectivity index (χ3n) is 3.48. The monoisotopic (exact) mass is 332 g/mol. The Morgan fingerprint density at radius 3 is 2.67 bits per heavy atom. The second kappa shape index (κ2) is 5.92. The number of primary sulfonamides is 1. The first-order chi connectivity index (χ1) is 9.70. The Balaban J connectivity index is 2.32. The van der Waals surface area contributed by atoms with Crippen LogP contribution in [0.25, 0.3) is 0 Å². The van der Waals surface area contributed by atoms with Gasteiger partial charge in [-0.25, -0.2) is 13.6 Å². The predicted molar refractivity (Wildman–Crippen MR) is 78.8 cm³/mol. The van der Waals surface area contributed by atoms with E-state index in [0.717, 1.165) is 6.42 Å². The molecule has 1 amide bonds. The van der Waals surface area contributed by atoms with E-state index in [1.54, 1.807) is 6.92 Å². The van der Waals surface area contributed by atoms with Crippen molar-refractivity contribution in [2.45, 2.75) is 37.3 Å². The minimum Gasteiger partial charge on any atom is -0.376 e. The maximum absolute atomic E-state index is 12.2. The van der Waals surface area contributed by atoms with Gasteiger partial charge in [0, 0.05) is 12.2 Å². The Morgan fingerprint density at radius 1 is 1.48 bits per heavy atom. The molecule has 0 spiro atoms. The fraction of sp³-hybridized carbons (Fsp3) is 0.462. The number of carbonyl (C=O) groups is 1. The first-order valence-corrected chi connectivity index (χ1v) is 8.38. The van der Waals surface area contributed by atoms with E-state index in [1.807, 2.05) is 6.92 Å². The van der Waals surface area contributed by atoms with Crippen LogP contribution in [0.5, 0.6) is 0 Å². The molecule has 21 heavy (non-hydrogen) atoms. The first kappa shape index (κ1) is 16.2. The molecule has 0 aliphatic carbocycles. The van der Waals surface area contributed by atoms with Gasteiger partial charge in [-0.2, -0.15) is 0 Å². The number of carbonyl (C=O) groups excluding carboxylic acids is 1. The molecule has 1 fully saturated rings. The van der Waals surface area contributed by atoms with Crippen molar-refractivity contribution in [2.24, 2.45) is 5.14 Å². The standard InChI is InChI=1S/C13H17ClN2O4S/c1-7-5-9(6-11(12(7)14)21(15,18)19)13(17)16-10-3-4-20-8(10)2/h5-6,8,10H,3-4H2,1-2H3,(H,16,17)(H2,15,18,19). The topological polar surface area (TPSA) is 98.5 Å². The maximum Gasteiger partial charge on any atom is 0.251 e. The highest BCUT2D eigenvalue weighted by molar-refractivity contribution is 7.89. The van der Waals surface area contributed by atoms with Gasteiger partial charge in [0.05, 0.1) is 17.2 Å². The van der Waals surface area contributed by atoms with Gasteiger partial charge in [-0.1, -0.05) is 11.6 Å². The van der Waals surface area contributed by atoms with Gasteiger partial charge >= 0.3 is 0 Å². The third-order valence-corrected chi connectivity index (χ3v) is 5.03. The zero-order valence-electron chi connectivity index (χ0n) is 11.7. The Bertz CT molecular complexity index is 675. The SMILES string of the molecule is Cc1cc(C(=O)NC2CCOC2C)cc(S(N)(=O)=O)c1Cl. The van der Waals surface area contributed by atoms with Crippen molar-refractivity contribution in [3.8, 4) is 0 Å². The van der Waals surface area contributed by atoms with Crippen LogP contribution in [0.15, 0.2) is 17.0 Å². The Kier molecular flexibility index (Phi) is 4.57. The van der Waals surface area contributed by atoms with Crippen molar-refractivity contribution < 1.29 is 17.9 Å². The summed E-state index contributed by atoms with van der Waals surface area (Å²) in [6, 6.07) is 2.64. The normalized spacial score (nSPS) is 22.3. The van der Waals surface area contributed by atoms with Gasteiger partial charge in [0.1, 0.15) is 4.90 Å². The molecule has 0 saturated carbocycles. The van der Waals surface area contributed by atoms with Crippen molar-refractivity contribution in [3.63, 3.8) is 0 Å². The zero-order valence-corrected chi connectivity index (χ0v) is 13.3. The van der Waals surface area contributed by atoms with Gasteiger partial charge in [0.25, 0.3) is 5.91 Å². The summed E-state index contributed by atoms with van der Waals surface area (Å²) in [6.07, 6.45) is 0.654. The minimum atomic E-state index is -3.99. The Morgan fingerprint density at radius 2 is 2.14 bits per heavy atom. The molecule has 1 heterocycles. The summed E-state index contributed by atoms with van der Waals surface area (Å²) in [5.41, 5.74) is 0.684. The molecule has 1 aliphatic heterocycles. The second-order valence-electron chi connectivity index (χ2n) is 5.09. The van der Waals surface area contributed by atoms with Crippen LogP contribution in [0.3, 0.4) is 0 Å². The zero-order chi connectivity index (χ0) is 15.8. The summed E-state index contributed by atoms with van der Waals surface area (Å²) in [4.78, 5) is 12.0. The fourth-order valence-corrected chi connectivity index (χ4v) is 3.38. The lowest BCUT2D eigenvalue weighted by molar-refractivity contribution is 0.0866. The van der Waals surface area contributed by atoms with Crippen molar-refractivity contribution in [1.29, 1.82) is 0 Å². The lowest BCUT2D eigenvalue weighted by Crippen LogP contribution is -2.39. The number of aryl methyl sites for hydroxylation is 1. The van der Waals surface area contributed by atoms with E-state index in [4.69, 9.17) is 21.5 Å². The van der Waals surface area contributed by atoms with E-state index in [2.05, 4.69) is 5.32 Å². The molecular formula is C13H17ClN2O4S. The molecule has 8 heteroatoms. The first-order valence-electron chi connectivity index (χ1n) is 6.45. The number of nitrogens with two attached hydrogens (primary N) is 1. The van der Waals surface area contributed by atoms with E-state index in [9.17, 15) is 13.2 Å². The predicted octanol–water partition coefficient (Wildman–Crippen LogP) is 1.20. The van der Waals surface area contributed by atoms with Gasteiger partial charge in [0.2, 0.25) is 10.0 Å². The highest BCUT2D eigenvalue weighted by Crippen LogP contribution is 2.26. The molecule has 3 N–H and O–H groups in total. The minimum absolute atomic E-state index is 0.0339. The van der Waals surface area contributed by atoms with Gasteiger partial charge in [-0.3, -0.25) is 4.79 Å². The van der Waals surface area contributed by atoms with Crippen LogP contribution in [-0.2, 0) is 14.8 Å². The van der Waals surface area contributed by atoms with Crippen LogP contribution in [0, 0.1) is 6.92 Å². The lowest BCUT2D eigenvalue weighted by atomic mass is 10.1. The summed E-state index contributed by atoms with van der Waals surface area (Å²) in [7, 11) is -3.99. The molecule has 116 valence electrons. The Labute approximate surface area is 128 Å². The average Bonchev–Trinajstić information content (AvgIpc) is 2.76. The van der Waals surface area contributed by atoms with E-state index in [-0.39, 0.29) is 33.5 Å². The lowest BCUT2D eigenvalue weighted by Gasteiger charge is -2.17. The van der Waals surface area contributed by atoms with Crippen molar-refractivity contribution in [1.82, 2.24) is 5.32 Å². The van der Waals surface area contributed by atoms with Crippen molar-refractivity contribution in [3.05, 3.63) is 28.3 Å². The molecular weight excluding hydrogens is 316 g/mol. The molecule has 1 aromatic carbocycles. The molecule has 0 bridgehead atoms. The van der Waals surface area contributed by atoms with E-state index in [1.165, 1.54) is 12.1 Å². The van der Waals surface area contributed by atoms with Gasteiger partial charge in [-0.15, -0.1) is 0 Å². The summed E-state index contributed by atoms with van der Waals surface area (Å²) in [5, 5.41) is 7.98. The fourth-order valence-electron chi connectivity index (χ4n) is 2.25. The highest BCUT2D eigenvalue weighted by Gasteiger charge is 2.27. The van der Waals surface area contributed by atoms with Gasteiger partial charge in [-0.05, 0) is 38.0 Å². The van der Waals surface area contributed by atoms with Crippen LogP contribution in [0.4, 0.5) is 0 Å². The van der Waals surface area contributed by atoms with Crippen LogP contribution >= 0.6 is 11.6 Å². The van der Waals surface area contributed by atoms with Crippen LogP contribution in [0.1, 0.15) is 29.3 Å². The molecule has 1 saturated heterocycles. The summed E-state index contributed by atoms with van der Waals surface area (Å²) in [5.74, 6) is -0.373. The summed E-state index contributed by atoms with van der Waals surface area (Å²) in [6.45, 7) is 4.09. The molecule has 2 unspecified atom stereocenters. The number of benzene rings is 1. The summed E-state index contributed by atoms with van der Waals surface area (Å²) < 4.78 is 28.4. The molecule has 1 aromatic rings. The number of hydrogen-bond acceptors (Lipinski definition) is 4. The van der Waals surface area contributed by atoms with Crippen LogP contribution < -0.4 is 10.5 Å². The Hall–Kier alpha value is -1.15. The maximum atomic E-state index is 12.2. The van der Waals surface area contributed by atoms with Crippen LogP contribution in [-0.4, -0.2) is 33.1 Å². The number of ether oxygens (including phenoxy) is 1. The highest BCUT2D eigenvalue weighted by atomic mass is 35.5. The van der Waals surface area contributed by atoms with Crippen molar-refractivity contribution >= 4 is 27.5 Å². The number of sulfonamides is 1. The smallest absolute Gasteiger partial charge is 0.251 e. The molecule has 6 nitrogen and oxygen atoms in total. The van der Waals surface area contributed by atoms with Crippen LogP contribution in [0.2, 0.25) is 5.02 Å². The number of rotatable bonds is 3. The molecule has 0 radical (unpaired) electrons. The van der Waals surface area contributed by atoms with E-state index >= 15 is 0 Å². The molecule has 0 aromatic heterocycles. The number of amides is 1. The van der Waals surface area contributed by atoms with E-state index in [0.29, 0.717) is 12.2 Å². The number of nitrogens with one attached hydrogen (secondary N) is 1. The summed E-state index contributed by atoms with van der Waals surface area (Å²) >= 11 is 5.94. The van der Waals surface area contributed by atoms with Gasteiger partial charge < -0.3 is 10.1 Å². The molecule has 2 atom stereocenters. The third kappa shape index (κ3) is 3.55. The van der Waals surface area contributed by atoms with Gasteiger partial charge in [0.15, 0.2) is 0 Å². The molecule has 2 rings (SSSR count). The number of hydrogen-bond donors (Lipinski definition) is 2.